The second kappa shape index (κ2) is 5.14. The van der Waals surface area contributed by atoms with Gasteiger partial charge in [-0.3, -0.25) is 0 Å². The van der Waals surface area contributed by atoms with Gasteiger partial charge in [0.15, 0.2) is 0 Å². The lowest BCUT2D eigenvalue weighted by molar-refractivity contribution is 0.420. The van der Waals surface area contributed by atoms with Crippen LogP contribution < -0.4 is 5.73 Å². The fraction of sp³-hybridized carbons (Fsp3) is 0.294. The maximum Gasteiger partial charge on any atom is 0.131 e. The normalized spacial score (nSPS) is 15.3. The van der Waals surface area contributed by atoms with Gasteiger partial charge in [0.05, 0.1) is 0 Å². The molecule has 0 radical (unpaired) electrons. The zero-order valence-corrected chi connectivity index (χ0v) is 10.9. The Morgan fingerprint density at radius 1 is 1.05 bits per heavy atom. The monoisotopic (exact) mass is 255 g/mol. The Hall–Kier alpha value is -1.67. The summed E-state index contributed by atoms with van der Waals surface area (Å²) in [6.07, 6.45) is 3.72. The van der Waals surface area contributed by atoms with E-state index in [0.717, 1.165) is 11.1 Å². The van der Waals surface area contributed by atoms with Crippen LogP contribution >= 0.6 is 0 Å². The van der Waals surface area contributed by atoms with Crippen LogP contribution in [0.5, 0.6) is 0 Å². The molecule has 2 N–H and O–H groups in total. The number of rotatable bonds is 3. The second-order valence-corrected chi connectivity index (χ2v) is 5.23. The minimum atomic E-state index is -0.163. The van der Waals surface area contributed by atoms with E-state index in [9.17, 15) is 4.39 Å². The molecule has 0 spiro atoms. The molecule has 0 amide bonds. The third-order valence-electron chi connectivity index (χ3n) is 4.06. The molecule has 0 heterocycles. The zero-order chi connectivity index (χ0) is 13.2. The van der Waals surface area contributed by atoms with Gasteiger partial charge in [0.2, 0.25) is 0 Å². The molecule has 0 saturated heterocycles. The number of hydrogen-bond donors (Lipinski definition) is 1. The highest BCUT2D eigenvalue weighted by Crippen LogP contribution is 2.41. The smallest absolute Gasteiger partial charge is 0.131 e. The molecule has 98 valence electrons. The largest absolute Gasteiger partial charge is 0.326 e. The summed E-state index contributed by atoms with van der Waals surface area (Å²) < 4.78 is 14.1. The minimum absolute atomic E-state index is 0.163. The lowest BCUT2D eigenvalue weighted by atomic mass is 9.77. The van der Waals surface area contributed by atoms with E-state index in [4.69, 9.17) is 5.73 Å². The van der Waals surface area contributed by atoms with Crippen LogP contribution in [0.3, 0.4) is 0 Å². The Kier molecular flexibility index (Phi) is 3.34. The highest BCUT2D eigenvalue weighted by Gasteiger charge is 2.23. The SMILES string of the molecule is NCc1ccc(F)c(-c2ccccc2C2CCC2)c1. The number of halogens is 1. The zero-order valence-electron chi connectivity index (χ0n) is 10.9. The van der Waals surface area contributed by atoms with E-state index in [-0.39, 0.29) is 5.82 Å². The molecular formula is C17H18FN. The molecular weight excluding hydrogens is 237 g/mol. The third kappa shape index (κ3) is 2.28. The maximum atomic E-state index is 14.1. The number of benzene rings is 2. The molecule has 0 atom stereocenters. The Labute approximate surface area is 113 Å². The summed E-state index contributed by atoms with van der Waals surface area (Å²) in [4.78, 5) is 0. The van der Waals surface area contributed by atoms with Crippen LogP contribution in [0.4, 0.5) is 4.39 Å². The molecule has 19 heavy (non-hydrogen) atoms. The van der Waals surface area contributed by atoms with Gasteiger partial charge in [0.25, 0.3) is 0 Å². The highest BCUT2D eigenvalue weighted by atomic mass is 19.1. The highest BCUT2D eigenvalue weighted by molar-refractivity contribution is 5.69. The van der Waals surface area contributed by atoms with Crippen LogP contribution in [0.2, 0.25) is 0 Å². The first-order valence-corrected chi connectivity index (χ1v) is 6.87. The van der Waals surface area contributed by atoms with E-state index >= 15 is 0 Å². The lowest BCUT2D eigenvalue weighted by Crippen LogP contribution is -2.10. The summed E-state index contributed by atoms with van der Waals surface area (Å²) in [6.45, 7) is 0.443. The van der Waals surface area contributed by atoms with E-state index in [1.54, 1.807) is 6.07 Å². The van der Waals surface area contributed by atoms with Crippen molar-refractivity contribution in [1.82, 2.24) is 0 Å². The summed E-state index contributed by atoms with van der Waals surface area (Å²) in [5.41, 5.74) is 9.62. The Morgan fingerprint density at radius 2 is 1.84 bits per heavy atom. The van der Waals surface area contributed by atoms with Crippen molar-refractivity contribution in [3.63, 3.8) is 0 Å². The molecule has 1 aliphatic carbocycles. The molecule has 1 saturated carbocycles. The van der Waals surface area contributed by atoms with Gasteiger partial charge in [-0.2, -0.15) is 0 Å². The van der Waals surface area contributed by atoms with Crippen LogP contribution in [0.15, 0.2) is 42.5 Å². The third-order valence-corrected chi connectivity index (χ3v) is 4.06. The molecule has 2 heteroatoms. The van der Waals surface area contributed by atoms with Crippen LogP contribution in [0, 0.1) is 5.82 Å². The van der Waals surface area contributed by atoms with E-state index in [1.807, 2.05) is 24.3 Å². The first kappa shape index (κ1) is 12.4. The van der Waals surface area contributed by atoms with Crippen molar-refractivity contribution in [1.29, 1.82) is 0 Å². The average Bonchev–Trinajstić information content (AvgIpc) is 2.38. The van der Waals surface area contributed by atoms with Gasteiger partial charge < -0.3 is 5.73 Å². The summed E-state index contributed by atoms with van der Waals surface area (Å²) in [7, 11) is 0. The number of nitrogens with two attached hydrogens (primary N) is 1. The summed E-state index contributed by atoms with van der Waals surface area (Å²) >= 11 is 0. The van der Waals surface area contributed by atoms with Crippen molar-refractivity contribution in [2.45, 2.75) is 31.7 Å². The van der Waals surface area contributed by atoms with Gasteiger partial charge in [0, 0.05) is 12.1 Å². The Bertz CT molecular complexity index is 588. The van der Waals surface area contributed by atoms with Gasteiger partial charge >= 0.3 is 0 Å². The molecule has 0 bridgehead atoms. The molecule has 0 aromatic heterocycles. The first-order valence-electron chi connectivity index (χ1n) is 6.87. The predicted molar refractivity (Wildman–Crippen MR) is 76.3 cm³/mol. The van der Waals surface area contributed by atoms with Crippen molar-refractivity contribution in [2.24, 2.45) is 5.73 Å². The molecule has 2 aromatic carbocycles. The number of hydrogen-bond acceptors (Lipinski definition) is 1. The molecule has 0 aliphatic heterocycles. The molecule has 1 fully saturated rings. The van der Waals surface area contributed by atoms with Gasteiger partial charge in [-0.1, -0.05) is 36.8 Å². The van der Waals surface area contributed by atoms with Gasteiger partial charge in [-0.05, 0) is 47.6 Å². The standard InChI is InChI=1S/C17H18FN/c18-17-9-8-12(11-19)10-16(17)15-7-2-1-6-14(15)13-4-3-5-13/h1-2,6-10,13H,3-5,11,19H2. The van der Waals surface area contributed by atoms with Crippen LogP contribution in [-0.2, 0) is 6.54 Å². The van der Waals surface area contributed by atoms with Gasteiger partial charge in [0.1, 0.15) is 5.82 Å². The van der Waals surface area contributed by atoms with E-state index in [2.05, 4.69) is 6.07 Å². The van der Waals surface area contributed by atoms with E-state index in [0.29, 0.717) is 18.0 Å². The summed E-state index contributed by atoms with van der Waals surface area (Å²) in [5.74, 6) is 0.432. The van der Waals surface area contributed by atoms with Crippen molar-refractivity contribution >= 4 is 0 Å². The molecule has 1 aliphatic rings. The molecule has 1 nitrogen and oxygen atoms in total. The van der Waals surface area contributed by atoms with Crippen molar-refractivity contribution in [3.8, 4) is 11.1 Å². The van der Waals surface area contributed by atoms with Crippen molar-refractivity contribution in [3.05, 3.63) is 59.4 Å². The van der Waals surface area contributed by atoms with E-state index in [1.165, 1.54) is 30.9 Å². The quantitative estimate of drug-likeness (QED) is 0.873. The topological polar surface area (TPSA) is 26.0 Å². The predicted octanol–water partition coefficient (Wildman–Crippen LogP) is 4.22. The molecule has 0 unspecified atom stereocenters. The fourth-order valence-corrected chi connectivity index (χ4v) is 2.72. The maximum absolute atomic E-state index is 14.1. The Morgan fingerprint density at radius 3 is 2.53 bits per heavy atom. The molecule has 3 rings (SSSR count). The van der Waals surface area contributed by atoms with E-state index < -0.39 is 0 Å². The van der Waals surface area contributed by atoms with Crippen LogP contribution in [-0.4, -0.2) is 0 Å². The van der Waals surface area contributed by atoms with Gasteiger partial charge in [-0.25, -0.2) is 4.39 Å². The fourth-order valence-electron chi connectivity index (χ4n) is 2.72. The van der Waals surface area contributed by atoms with Crippen molar-refractivity contribution < 1.29 is 4.39 Å². The average molecular weight is 255 g/mol. The van der Waals surface area contributed by atoms with Crippen LogP contribution in [0.1, 0.15) is 36.3 Å². The lowest BCUT2D eigenvalue weighted by Gasteiger charge is -2.28. The van der Waals surface area contributed by atoms with Crippen molar-refractivity contribution in [2.75, 3.05) is 0 Å². The second-order valence-electron chi connectivity index (χ2n) is 5.23. The minimum Gasteiger partial charge on any atom is -0.326 e. The first-order chi connectivity index (χ1) is 9.29. The van der Waals surface area contributed by atoms with Gasteiger partial charge in [-0.15, -0.1) is 0 Å². The Balaban J connectivity index is 2.10. The molecule has 2 aromatic rings. The summed E-state index contributed by atoms with van der Waals surface area (Å²) in [6, 6.07) is 13.3. The van der Waals surface area contributed by atoms with Crippen LogP contribution in [0.25, 0.3) is 11.1 Å². The summed E-state index contributed by atoms with van der Waals surface area (Å²) in [5, 5.41) is 0.